The largest absolute Gasteiger partial charge is 0.481 e. The van der Waals surface area contributed by atoms with Crippen molar-refractivity contribution in [1.29, 1.82) is 0 Å². The quantitative estimate of drug-likeness (QED) is 0.294. The minimum Gasteiger partial charge on any atom is -0.481 e. The van der Waals surface area contributed by atoms with Gasteiger partial charge in [0.25, 0.3) is 0 Å². The molecule has 8 heteroatoms. The molecule has 0 aromatic heterocycles. The van der Waals surface area contributed by atoms with E-state index in [2.05, 4.69) is 13.8 Å². The second-order valence-corrected chi connectivity index (χ2v) is 6.63. The van der Waals surface area contributed by atoms with E-state index in [0.29, 0.717) is 12.3 Å². The van der Waals surface area contributed by atoms with Crippen molar-refractivity contribution < 1.29 is 39.2 Å². The minimum absolute atomic E-state index is 0.144. The summed E-state index contributed by atoms with van der Waals surface area (Å²) < 4.78 is 4.96. The number of hydrogen-bond donors (Lipinski definition) is 3. The Morgan fingerprint density at radius 1 is 0.846 bits per heavy atom. The normalized spacial score (nSPS) is 14.2. The second kappa shape index (κ2) is 13.1. The number of ether oxygens (including phenoxy) is 1. The Labute approximate surface area is 153 Å². The summed E-state index contributed by atoms with van der Waals surface area (Å²) in [4.78, 5) is 44.8. The molecule has 0 saturated carbocycles. The molecule has 0 bridgehead atoms. The van der Waals surface area contributed by atoms with Gasteiger partial charge in [-0.3, -0.25) is 19.2 Å². The van der Waals surface area contributed by atoms with Gasteiger partial charge in [-0.2, -0.15) is 0 Å². The van der Waals surface area contributed by atoms with Crippen LogP contribution in [0.5, 0.6) is 0 Å². The maximum atomic E-state index is 11.8. The molecule has 0 aromatic carbocycles. The number of unbranched alkanes of at least 4 members (excludes halogenated alkanes) is 3. The first kappa shape index (κ1) is 23.9. The standard InChI is InChI=1S/C18H30O8/c1-3-12(2)8-6-4-5-7-9-26-16(21)11-14(18(24)25)13(17(22)23)10-15(19)20/h12-14H,3-11H2,1-2H3,(H,19,20)(H,22,23)(H,24,25). The van der Waals surface area contributed by atoms with Crippen LogP contribution in [-0.4, -0.2) is 45.8 Å². The highest BCUT2D eigenvalue weighted by molar-refractivity contribution is 5.86. The zero-order valence-electron chi connectivity index (χ0n) is 15.5. The van der Waals surface area contributed by atoms with Gasteiger partial charge in [-0.05, 0) is 12.3 Å². The maximum Gasteiger partial charge on any atom is 0.307 e. The number of aliphatic carboxylic acids is 3. The molecule has 150 valence electrons. The van der Waals surface area contributed by atoms with E-state index in [1.54, 1.807) is 0 Å². The molecule has 3 unspecified atom stereocenters. The molecule has 0 spiro atoms. The molecule has 0 aliphatic carbocycles. The van der Waals surface area contributed by atoms with Gasteiger partial charge in [0.05, 0.1) is 31.3 Å². The van der Waals surface area contributed by atoms with Gasteiger partial charge in [0, 0.05) is 0 Å². The number of esters is 1. The third-order valence-corrected chi connectivity index (χ3v) is 4.45. The Morgan fingerprint density at radius 2 is 1.38 bits per heavy atom. The second-order valence-electron chi connectivity index (χ2n) is 6.63. The van der Waals surface area contributed by atoms with Gasteiger partial charge < -0.3 is 20.1 Å². The van der Waals surface area contributed by atoms with Crippen LogP contribution in [0.1, 0.15) is 65.2 Å². The van der Waals surface area contributed by atoms with Gasteiger partial charge >= 0.3 is 23.9 Å². The fourth-order valence-corrected chi connectivity index (χ4v) is 2.57. The monoisotopic (exact) mass is 374 g/mol. The number of rotatable bonds is 15. The Kier molecular flexibility index (Phi) is 12.1. The zero-order valence-corrected chi connectivity index (χ0v) is 15.5. The van der Waals surface area contributed by atoms with Gasteiger partial charge in [0.2, 0.25) is 0 Å². The van der Waals surface area contributed by atoms with Crippen LogP contribution in [0, 0.1) is 17.8 Å². The summed E-state index contributed by atoms with van der Waals surface area (Å²) in [5.74, 6) is -7.96. The predicted octanol–water partition coefficient (Wildman–Crippen LogP) is 2.79. The lowest BCUT2D eigenvalue weighted by molar-refractivity contribution is -0.161. The first-order chi connectivity index (χ1) is 12.2. The van der Waals surface area contributed by atoms with E-state index in [-0.39, 0.29) is 6.61 Å². The van der Waals surface area contributed by atoms with Gasteiger partial charge in [-0.25, -0.2) is 0 Å². The van der Waals surface area contributed by atoms with Crippen molar-refractivity contribution in [3.63, 3.8) is 0 Å². The van der Waals surface area contributed by atoms with Crippen molar-refractivity contribution in [2.75, 3.05) is 6.61 Å². The van der Waals surface area contributed by atoms with E-state index in [1.807, 2.05) is 0 Å². The first-order valence-electron chi connectivity index (χ1n) is 9.02. The number of carboxylic acid groups (broad SMARTS) is 3. The molecule has 0 aliphatic heterocycles. The number of carbonyl (C=O) groups excluding carboxylic acids is 1. The number of hydrogen-bond acceptors (Lipinski definition) is 5. The molecule has 0 fully saturated rings. The van der Waals surface area contributed by atoms with Crippen molar-refractivity contribution in [2.45, 2.75) is 65.2 Å². The van der Waals surface area contributed by atoms with E-state index in [9.17, 15) is 19.2 Å². The van der Waals surface area contributed by atoms with Crippen molar-refractivity contribution in [1.82, 2.24) is 0 Å². The fourth-order valence-electron chi connectivity index (χ4n) is 2.57. The molecule has 0 heterocycles. The minimum atomic E-state index is -1.68. The van der Waals surface area contributed by atoms with E-state index >= 15 is 0 Å². The van der Waals surface area contributed by atoms with Gasteiger partial charge in [0.1, 0.15) is 0 Å². The van der Waals surface area contributed by atoms with E-state index in [4.69, 9.17) is 20.1 Å². The van der Waals surface area contributed by atoms with Crippen molar-refractivity contribution in [2.24, 2.45) is 17.8 Å². The first-order valence-corrected chi connectivity index (χ1v) is 9.02. The van der Waals surface area contributed by atoms with Crippen LogP contribution in [0.3, 0.4) is 0 Å². The number of carboxylic acids is 3. The molecule has 0 aromatic rings. The molecule has 8 nitrogen and oxygen atoms in total. The Hall–Kier alpha value is -2.12. The van der Waals surface area contributed by atoms with Crippen LogP contribution in [0.25, 0.3) is 0 Å². The molecule has 0 rings (SSSR count). The van der Waals surface area contributed by atoms with Gasteiger partial charge in [-0.15, -0.1) is 0 Å². The van der Waals surface area contributed by atoms with E-state index in [1.165, 1.54) is 0 Å². The number of carbonyl (C=O) groups is 4. The lowest BCUT2D eigenvalue weighted by atomic mass is 9.87. The van der Waals surface area contributed by atoms with Crippen LogP contribution in [-0.2, 0) is 23.9 Å². The molecule has 0 amide bonds. The highest BCUT2D eigenvalue weighted by Crippen LogP contribution is 2.22. The summed E-state index contributed by atoms with van der Waals surface area (Å²) in [6.45, 7) is 4.50. The fraction of sp³-hybridized carbons (Fsp3) is 0.778. The third kappa shape index (κ3) is 10.7. The smallest absolute Gasteiger partial charge is 0.307 e. The summed E-state index contributed by atoms with van der Waals surface area (Å²) >= 11 is 0. The van der Waals surface area contributed by atoms with E-state index < -0.39 is 48.6 Å². The van der Waals surface area contributed by atoms with Crippen LogP contribution in [0.15, 0.2) is 0 Å². The average molecular weight is 374 g/mol. The predicted molar refractivity (Wildman–Crippen MR) is 92.6 cm³/mol. The molecular weight excluding hydrogens is 344 g/mol. The average Bonchev–Trinajstić information content (AvgIpc) is 2.56. The summed E-state index contributed by atoms with van der Waals surface area (Å²) in [6.07, 6.45) is 4.48. The molecule has 3 N–H and O–H groups in total. The third-order valence-electron chi connectivity index (χ3n) is 4.45. The topological polar surface area (TPSA) is 138 Å². The van der Waals surface area contributed by atoms with Crippen molar-refractivity contribution in [3.8, 4) is 0 Å². The lowest BCUT2D eigenvalue weighted by Crippen LogP contribution is -2.33. The molecule has 3 atom stereocenters. The summed E-state index contributed by atoms with van der Waals surface area (Å²) in [5, 5.41) is 26.9. The molecule has 0 saturated heterocycles. The highest BCUT2D eigenvalue weighted by atomic mass is 16.5. The maximum absolute atomic E-state index is 11.8. The SMILES string of the molecule is CCC(C)CCCCCCOC(=O)CC(C(=O)O)C(CC(=O)O)C(=O)O. The van der Waals surface area contributed by atoms with Gasteiger partial charge in [0.15, 0.2) is 0 Å². The molecule has 26 heavy (non-hydrogen) atoms. The summed E-state index contributed by atoms with van der Waals surface area (Å²) in [7, 11) is 0. The van der Waals surface area contributed by atoms with Crippen LogP contribution in [0.2, 0.25) is 0 Å². The van der Waals surface area contributed by atoms with Crippen LogP contribution < -0.4 is 0 Å². The zero-order chi connectivity index (χ0) is 20.1. The Balaban J connectivity index is 4.25. The van der Waals surface area contributed by atoms with Crippen LogP contribution in [0.4, 0.5) is 0 Å². The van der Waals surface area contributed by atoms with Crippen molar-refractivity contribution >= 4 is 23.9 Å². The van der Waals surface area contributed by atoms with E-state index in [0.717, 1.165) is 32.1 Å². The Bertz CT molecular complexity index is 474. The molecule has 0 aliphatic rings. The highest BCUT2D eigenvalue weighted by Gasteiger charge is 2.37. The molecule has 0 radical (unpaired) electrons. The summed E-state index contributed by atoms with van der Waals surface area (Å²) in [5.41, 5.74) is 0. The lowest BCUT2D eigenvalue weighted by Gasteiger charge is -2.18. The molecular formula is C18H30O8. The summed E-state index contributed by atoms with van der Waals surface area (Å²) in [6, 6.07) is 0. The Morgan fingerprint density at radius 3 is 1.88 bits per heavy atom. The van der Waals surface area contributed by atoms with Crippen LogP contribution >= 0.6 is 0 Å². The van der Waals surface area contributed by atoms with Crippen molar-refractivity contribution in [3.05, 3.63) is 0 Å². The van der Waals surface area contributed by atoms with Gasteiger partial charge in [-0.1, -0.05) is 46.0 Å².